The van der Waals surface area contributed by atoms with Gasteiger partial charge in [0, 0.05) is 12.1 Å². The molecule has 2 aromatic carbocycles. The van der Waals surface area contributed by atoms with Crippen LogP contribution in [0.15, 0.2) is 36.4 Å². The van der Waals surface area contributed by atoms with Crippen LogP contribution in [0.25, 0.3) is 0 Å². The van der Waals surface area contributed by atoms with E-state index in [0.29, 0.717) is 17.7 Å². The summed E-state index contributed by atoms with van der Waals surface area (Å²) in [4.78, 5) is 28.4. The van der Waals surface area contributed by atoms with Crippen LogP contribution in [-0.4, -0.2) is 56.6 Å². The minimum atomic E-state index is -3.98. The van der Waals surface area contributed by atoms with Crippen molar-refractivity contribution in [2.45, 2.75) is 52.2 Å². The van der Waals surface area contributed by atoms with E-state index in [0.717, 1.165) is 10.6 Å². The molecule has 0 heterocycles. The Morgan fingerprint density at radius 1 is 1.05 bits per heavy atom. The van der Waals surface area contributed by atoms with Crippen LogP contribution < -0.4 is 14.4 Å². The zero-order chi connectivity index (χ0) is 28.1. The first kappa shape index (κ1) is 31.0. The summed E-state index contributed by atoms with van der Waals surface area (Å²) in [5.41, 5.74) is 0.162. The molecule has 2 rings (SSSR count). The molecular weight excluding hydrogens is 561 g/mol. The standard InChI is InChI=1S/C25H32Cl3N3O5S/c1-7-21(24(33)29-25(2,3)4)30(14-16-9-8-10-17(11-16)36-5)23(32)15-31(37(6,34)35)22-13-19(27)18(26)12-20(22)28/h8-13,21H,7,14-15H2,1-6H3,(H,29,33)/t21-/m0/s1. The van der Waals surface area contributed by atoms with E-state index in [1.54, 1.807) is 31.2 Å². The normalized spacial score (nSPS) is 12.6. The third kappa shape index (κ3) is 8.67. The molecule has 2 aromatic rings. The van der Waals surface area contributed by atoms with E-state index >= 15 is 0 Å². The maximum Gasteiger partial charge on any atom is 0.244 e. The van der Waals surface area contributed by atoms with Gasteiger partial charge in [-0.3, -0.25) is 13.9 Å². The first-order valence-corrected chi connectivity index (χ1v) is 14.4. The number of nitrogens with one attached hydrogen (secondary N) is 1. The molecule has 0 radical (unpaired) electrons. The Bertz CT molecular complexity index is 1250. The maximum atomic E-state index is 13.8. The minimum absolute atomic E-state index is 0.000406. The summed E-state index contributed by atoms with van der Waals surface area (Å²) < 4.78 is 31.7. The summed E-state index contributed by atoms with van der Waals surface area (Å²) in [6.45, 7) is 6.72. The van der Waals surface area contributed by atoms with E-state index in [4.69, 9.17) is 39.5 Å². The lowest BCUT2D eigenvalue weighted by Crippen LogP contribution is -2.55. The molecule has 1 atom stereocenters. The molecule has 37 heavy (non-hydrogen) atoms. The van der Waals surface area contributed by atoms with Crippen molar-refractivity contribution in [3.05, 3.63) is 57.0 Å². The largest absolute Gasteiger partial charge is 0.497 e. The molecule has 12 heteroatoms. The highest BCUT2D eigenvalue weighted by molar-refractivity contribution is 7.92. The summed E-state index contributed by atoms with van der Waals surface area (Å²) in [7, 11) is -2.46. The van der Waals surface area contributed by atoms with Crippen molar-refractivity contribution in [1.29, 1.82) is 0 Å². The Hall–Kier alpha value is -2.20. The number of anilines is 1. The molecular formula is C25H32Cl3N3O5S. The van der Waals surface area contributed by atoms with E-state index in [1.807, 2.05) is 20.8 Å². The second-order valence-corrected chi connectivity index (χ2v) is 12.7. The number of hydrogen-bond donors (Lipinski definition) is 1. The van der Waals surface area contributed by atoms with Crippen LogP contribution in [-0.2, 0) is 26.2 Å². The van der Waals surface area contributed by atoms with Gasteiger partial charge in [-0.1, -0.05) is 53.9 Å². The van der Waals surface area contributed by atoms with E-state index in [9.17, 15) is 18.0 Å². The summed E-state index contributed by atoms with van der Waals surface area (Å²) >= 11 is 18.4. The lowest BCUT2D eigenvalue weighted by atomic mass is 10.1. The van der Waals surface area contributed by atoms with E-state index in [2.05, 4.69) is 5.32 Å². The van der Waals surface area contributed by atoms with Crippen LogP contribution in [0.1, 0.15) is 39.7 Å². The average molecular weight is 593 g/mol. The third-order valence-electron chi connectivity index (χ3n) is 5.31. The van der Waals surface area contributed by atoms with Gasteiger partial charge in [-0.2, -0.15) is 0 Å². The Morgan fingerprint density at radius 3 is 2.22 bits per heavy atom. The predicted molar refractivity (Wildman–Crippen MR) is 149 cm³/mol. The van der Waals surface area contributed by atoms with Crippen molar-refractivity contribution < 1.29 is 22.7 Å². The van der Waals surface area contributed by atoms with E-state index in [-0.39, 0.29) is 33.2 Å². The Balaban J connectivity index is 2.54. The zero-order valence-corrected chi connectivity index (χ0v) is 24.7. The van der Waals surface area contributed by atoms with E-state index < -0.39 is 34.1 Å². The molecule has 0 saturated heterocycles. The first-order valence-electron chi connectivity index (χ1n) is 11.4. The van der Waals surface area contributed by atoms with Crippen LogP contribution in [0, 0.1) is 0 Å². The number of halogens is 3. The fourth-order valence-corrected chi connectivity index (χ4v) is 5.18. The molecule has 0 unspecified atom stereocenters. The van der Waals surface area contributed by atoms with Gasteiger partial charge in [0.05, 0.1) is 34.1 Å². The number of carbonyl (C=O) groups is 2. The summed E-state index contributed by atoms with van der Waals surface area (Å²) in [6, 6.07) is 8.80. The molecule has 0 aromatic heterocycles. The van der Waals surface area contributed by atoms with Gasteiger partial charge in [-0.05, 0) is 57.0 Å². The molecule has 204 valence electrons. The van der Waals surface area contributed by atoms with Gasteiger partial charge >= 0.3 is 0 Å². The van der Waals surface area contributed by atoms with Crippen LogP contribution in [0.3, 0.4) is 0 Å². The van der Waals surface area contributed by atoms with Crippen molar-refractivity contribution in [2.75, 3.05) is 24.2 Å². The van der Waals surface area contributed by atoms with Crippen molar-refractivity contribution in [1.82, 2.24) is 10.2 Å². The van der Waals surface area contributed by atoms with Gasteiger partial charge in [-0.25, -0.2) is 8.42 Å². The molecule has 0 aliphatic rings. The Morgan fingerprint density at radius 2 is 1.68 bits per heavy atom. The van der Waals surface area contributed by atoms with Gasteiger partial charge in [0.25, 0.3) is 0 Å². The Kier molecular flexibility index (Phi) is 10.5. The van der Waals surface area contributed by atoms with Crippen LogP contribution in [0.2, 0.25) is 15.1 Å². The van der Waals surface area contributed by atoms with E-state index in [1.165, 1.54) is 24.1 Å². The highest BCUT2D eigenvalue weighted by Crippen LogP contribution is 2.35. The SMILES string of the molecule is CC[C@@H](C(=O)NC(C)(C)C)N(Cc1cccc(OC)c1)C(=O)CN(c1cc(Cl)c(Cl)cc1Cl)S(C)(=O)=O. The molecule has 0 aliphatic heterocycles. The van der Waals surface area contributed by atoms with Gasteiger partial charge < -0.3 is 15.0 Å². The number of sulfonamides is 1. The molecule has 2 amide bonds. The molecule has 0 spiro atoms. The zero-order valence-electron chi connectivity index (χ0n) is 21.6. The Labute approximate surface area is 233 Å². The van der Waals surface area contributed by atoms with Crippen molar-refractivity contribution in [3.63, 3.8) is 0 Å². The average Bonchev–Trinajstić information content (AvgIpc) is 2.78. The fraction of sp³-hybridized carbons (Fsp3) is 0.440. The van der Waals surface area contributed by atoms with Gasteiger partial charge in [0.15, 0.2) is 0 Å². The molecule has 8 nitrogen and oxygen atoms in total. The lowest BCUT2D eigenvalue weighted by molar-refractivity contribution is -0.141. The van der Waals surface area contributed by atoms with Crippen molar-refractivity contribution in [3.8, 4) is 5.75 Å². The summed E-state index contributed by atoms with van der Waals surface area (Å²) in [6.07, 6.45) is 1.25. The number of amides is 2. The van der Waals surface area contributed by atoms with Crippen molar-refractivity contribution >= 4 is 62.3 Å². The topological polar surface area (TPSA) is 96.0 Å². The van der Waals surface area contributed by atoms with Crippen LogP contribution in [0.5, 0.6) is 5.75 Å². The van der Waals surface area contributed by atoms with Crippen LogP contribution in [0.4, 0.5) is 5.69 Å². The fourth-order valence-electron chi connectivity index (χ4n) is 3.64. The molecule has 0 fully saturated rings. The third-order valence-corrected chi connectivity index (χ3v) is 7.46. The molecule has 1 N–H and O–H groups in total. The van der Waals surface area contributed by atoms with Gasteiger partial charge in [0.1, 0.15) is 18.3 Å². The number of methoxy groups -OCH3 is 1. The smallest absolute Gasteiger partial charge is 0.244 e. The van der Waals surface area contributed by atoms with Crippen LogP contribution >= 0.6 is 34.8 Å². The van der Waals surface area contributed by atoms with Crippen molar-refractivity contribution in [2.24, 2.45) is 0 Å². The number of carbonyl (C=O) groups excluding carboxylic acids is 2. The number of ether oxygens (including phenoxy) is 1. The highest BCUT2D eigenvalue weighted by atomic mass is 35.5. The van der Waals surface area contributed by atoms with Gasteiger partial charge in [0.2, 0.25) is 21.8 Å². The maximum absolute atomic E-state index is 13.8. The van der Waals surface area contributed by atoms with Gasteiger partial charge in [-0.15, -0.1) is 0 Å². The minimum Gasteiger partial charge on any atom is -0.497 e. The number of nitrogens with zero attached hydrogens (tertiary/aromatic N) is 2. The lowest BCUT2D eigenvalue weighted by Gasteiger charge is -2.34. The highest BCUT2D eigenvalue weighted by Gasteiger charge is 2.33. The second-order valence-electron chi connectivity index (χ2n) is 9.52. The predicted octanol–water partition coefficient (Wildman–Crippen LogP) is 5.14. The molecule has 0 saturated carbocycles. The summed E-state index contributed by atoms with van der Waals surface area (Å²) in [5.74, 6) is -0.381. The molecule has 0 bridgehead atoms. The summed E-state index contributed by atoms with van der Waals surface area (Å²) in [5, 5.41) is 3.13. The number of rotatable bonds is 10. The number of benzene rings is 2. The quantitative estimate of drug-likeness (QED) is 0.385. The molecule has 0 aliphatic carbocycles. The first-order chi connectivity index (χ1) is 17.1. The second kappa shape index (κ2) is 12.6. The monoisotopic (exact) mass is 591 g/mol. The number of hydrogen-bond acceptors (Lipinski definition) is 5.